The van der Waals surface area contributed by atoms with Gasteiger partial charge in [0, 0.05) is 6.92 Å². The smallest absolute Gasteiger partial charge is 0.462 e. The van der Waals surface area contributed by atoms with Gasteiger partial charge in [-0.3, -0.25) is 23.7 Å². The molecule has 2 saturated heterocycles. The molecule has 2 heterocycles. The maximum absolute atomic E-state index is 12.9. The van der Waals surface area contributed by atoms with Crippen molar-refractivity contribution in [2.45, 2.75) is 127 Å². The van der Waals surface area contributed by atoms with Crippen molar-refractivity contribution in [2.75, 3.05) is 13.2 Å². The maximum atomic E-state index is 12.9. The number of esters is 2. The Balaban J connectivity index is 2.38. The van der Waals surface area contributed by atoms with Crippen LogP contribution in [-0.2, 0) is 52.0 Å². The average Bonchev–Trinajstić information content (AvgIpc) is 2.92. The molecule has 2 fully saturated rings. The minimum absolute atomic E-state index is 0.382. The molecule has 0 radical (unpaired) electrons. The molecule has 0 aromatic carbocycles. The van der Waals surface area contributed by atoms with Crippen LogP contribution >= 0.6 is 7.82 Å². The normalized spacial score (nSPS) is 32.8. The minimum Gasteiger partial charge on any atom is -0.462 e. The molecule has 0 saturated carbocycles. The van der Waals surface area contributed by atoms with Crippen molar-refractivity contribution in [3.05, 3.63) is 0 Å². The summed E-state index contributed by atoms with van der Waals surface area (Å²) in [5, 5.41) is 65.5. The SMILES string of the molecule is CC(=O)O[C@H](C)CC(=O)O[C@@H]1C(NC(=O)C[C@@H](C)O)[C@H](OCC2O[C@H](O)C(NC(=O)C[C@@H](C)O)[C@@H](O)[C@@H]2O)OC(CO)[C@H]1OP(=O)(O)O. The molecule has 2 aliphatic rings. The first kappa shape index (κ1) is 41.8. The molecule has 4 unspecified atom stereocenters. The molecule has 0 aromatic rings. The van der Waals surface area contributed by atoms with E-state index >= 15 is 0 Å². The quantitative estimate of drug-likeness (QED) is 0.0530. The lowest BCUT2D eigenvalue weighted by atomic mass is 9.95. The highest BCUT2D eigenvalue weighted by Crippen LogP contribution is 2.42. The van der Waals surface area contributed by atoms with Crippen LogP contribution < -0.4 is 10.6 Å². The van der Waals surface area contributed by atoms with Gasteiger partial charge in [0.05, 0.1) is 44.7 Å². The highest BCUT2D eigenvalue weighted by molar-refractivity contribution is 7.46. The number of carbonyl (C=O) groups excluding carboxylic acids is 4. The van der Waals surface area contributed by atoms with Gasteiger partial charge in [0.1, 0.15) is 48.7 Å². The lowest BCUT2D eigenvalue weighted by molar-refractivity contribution is -0.297. The maximum Gasteiger partial charge on any atom is 0.470 e. The predicted molar refractivity (Wildman–Crippen MR) is 154 cm³/mol. The molecule has 2 rings (SSSR count). The van der Waals surface area contributed by atoms with Crippen LogP contribution in [0.2, 0.25) is 0 Å². The van der Waals surface area contributed by atoms with Crippen LogP contribution in [0.5, 0.6) is 0 Å². The molecule has 2 aliphatic heterocycles. The summed E-state index contributed by atoms with van der Waals surface area (Å²) in [5.74, 6) is -3.50. The molecule has 22 heteroatoms. The van der Waals surface area contributed by atoms with Crippen molar-refractivity contribution in [1.82, 2.24) is 10.6 Å². The summed E-state index contributed by atoms with van der Waals surface area (Å²) < 4.78 is 43.6. The number of phosphoric acid groups is 1. The summed E-state index contributed by atoms with van der Waals surface area (Å²) in [6, 6.07) is -3.23. The molecular formula is C26H45N2O19P. The zero-order valence-corrected chi connectivity index (χ0v) is 27.5. The monoisotopic (exact) mass is 720 g/mol. The second-order valence-corrected chi connectivity index (χ2v) is 12.7. The predicted octanol–water partition coefficient (Wildman–Crippen LogP) is -4.60. The highest BCUT2D eigenvalue weighted by atomic mass is 31.2. The Hall–Kier alpha value is -2.37. The molecule has 278 valence electrons. The molecule has 48 heavy (non-hydrogen) atoms. The van der Waals surface area contributed by atoms with E-state index in [1.807, 2.05) is 0 Å². The molecule has 0 bridgehead atoms. The van der Waals surface area contributed by atoms with E-state index in [1.165, 1.54) is 20.8 Å². The molecule has 0 aliphatic carbocycles. The summed E-state index contributed by atoms with van der Waals surface area (Å²) >= 11 is 0. The fourth-order valence-corrected chi connectivity index (χ4v) is 5.56. The van der Waals surface area contributed by atoms with Gasteiger partial charge in [0.2, 0.25) is 11.8 Å². The molecule has 0 spiro atoms. The van der Waals surface area contributed by atoms with Crippen LogP contribution in [0.15, 0.2) is 0 Å². The number of carbonyl (C=O) groups is 4. The van der Waals surface area contributed by atoms with Crippen molar-refractivity contribution in [3.63, 3.8) is 0 Å². The summed E-state index contributed by atoms with van der Waals surface area (Å²) in [4.78, 5) is 68.2. The first-order chi connectivity index (χ1) is 22.2. The van der Waals surface area contributed by atoms with E-state index in [9.17, 15) is 64.2 Å². The van der Waals surface area contributed by atoms with Crippen LogP contribution in [-0.4, -0.2) is 157 Å². The van der Waals surface area contributed by atoms with Gasteiger partial charge in [-0.1, -0.05) is 0 Å². The Morgan fingerprint density at radius 3 is 1.90 bits per heavy atom. The number of hydrogen-bond acceptors (Lipinski definition) is 17. The number of aliphatic hydroxyl groups excluding tert-OH is 6. The summed E-state index contributed by atoms with van der Waals surface area (Å²) in [6.45, 7) is 3.29. The van der Waals surface area contributed by atoms with Crippen LogP contribution in [0.25, 0.3) is 0 Å². The van der Waals surface area contributed by atoms with Crippen LogP contribution in [0.1, 0.15) is 47.0 Å². The van der Waals surface area contributed by atoms with Crippen molar-refractivity contribution >= 4 is 31.6 Å². The van der Waals surface area contributed by atoms with Gasteiger partial charge < -0.3 is 74.7 Å². The third-order valence-corrected chi connectivity index (χ3v) is 7.45. The van der Waals surface area contributed by atoms with E-state index in [1.54, 1.807) is 0 Å². The number of hydrogen-bond donors (Lipinski definition) is 10. The molecule has 10 N–H and O–H groups in total. The van der Waals surface area contributed by atoms with Gasteiger partial charge in [0.25, 0.3) is 0 Å². The zero-order chi connectivity index (χ0) is 36.5. The van der Waals surface area contributed by atoms with E-state index < -0.39 is 137 Å². The minimum atomic E-state index is -5.40. The number of amides is 2. The molecule has 21 nitrogen and oxygen atoms in total. The van der Waals surface area contributed by atoms with Gasteiger partial charge in [-0.15, -0.1) is 0 Å². The Bertz CT molecular complexity index is 1140. The van der Waals surface area contributed by atoms with Crippen LogP contribution in [0.3, 0.4) is 0 Å². The van der Waals surface area contributed by atoms with Gasteiger partial charge in [-0.25, -0.2) is 4.57 Å². The van der Waals surface area contributed by atoms with Crippen LogP contribution in [0, 0.1) is 0 Å². The van der Waals surface area contributed by atoms with Crippen molar-refractivity contribution in [1.29, 1.82) is 0 Å². The van der Waals surface area contributed by atoms with E-state index in [0.29, 0.717) is 0 Å². The summed E-state index contributed by atoms with van der Waals surface area (Å²) in [7, 11) is -5.40. The first-order valence-electron chi connectivity index (χ1n) is 14.8. The second kappa shape index (κ2) is 18.6. The highest BCUT2D eigenvalue weighted by Gasteiger charge is 2.53. The first-order valence-corrected chi connectivity index (χ1v) is 16.4. The van der Waals surface area contributed by atoms with Gasteiger partial charge >= 0.3 is 19.8 Å². The summed E-state index contributed by atoms with van der Waals surface area (Å²) in [5.41, 5.74) is 0. The fraction of sp³-hybridized carbons (Fsp3) is 0.846. The molecule has 0 aromatic heterocycles. The second-order valence-electron chi connectivity index (χ2n) is 11.5. The van der Waals surface area contributed by atoms with E-state index in [-0.39, 0.29) is 6.42 Å². The Morgan fingerprint density at radius 2 is 1.40 bits per heavy atom. The number of ether oxygens (including phenoxy) is 5. The standard InChI is InChI=1S/C26H45N2O19P/c1-10(30)5-16(33)27-19-22(37)21(36)15(44-25(19)38)9-42-26-20(28-17(34)6-11(2)31)24(46-18(35)7-12(3)43-13(4)32)23(14(8-29)45-26)47-48(39,40)41/h10-12,14-15,19-26,29-31,36-38H,5-9H2,1-4H3,(H,27,33)(H,28,34)(H2,39,40,41)/t10-,11-,12-,14?,15?,19?,20?,21-,22-,23-,24-,25+,26-/m1/s1. The third kappa shape index (κ3) is 13.2. The van der Waals surface area contributed by atoms with Gasteiger partial charge in [0.15, 0.2) is 18.7 Å². The Morgan fingerprint density at radius 1 is 0.833 bits per heavy atom. The van der Waals surface area contributed by atoms with Crippen molar-refractivity contribution < 1.29 is 92.4 Å². The Labute approximate surface area is 274 Å². The van der Waals surface area contributed by atoms with Gasteiger partial charge in [-0.05, 0) is 20.8 Å². The zero-order valence-electron chi connectivity index (χ0n) is 26.6. The number of rotatable bonds is 16. The largest absolute Gasteiger partial charge is 0.470 e. The third-order valence-electron chi connectivity index (χ3n) is 6.94. The number of aliphatic hydroxyl groups is 6. The Kier molecular flexibility index (Phi) is 16.2. The molecular weight excluding hydrogens is 675 g/mol. The number of nitrogens with one attached hydrogen (secondary N) is 2. The van der Waals surface area contributed by atoms with Gasteiger partial charge in [-0.2, -0.15) is 0 Å². The molecule has 13 atom stereocenters. The summed E-state index contributed by atoms with van der Waals surface area (Å²) in [6.07, 6.45) is -19.1. The van der Waals surface area contributed by atoms with E-state index in [2.05, 4.69) is 10.6 Å². The van der Waals surface area contributed by atoms with E-state index in [0.717, 1.165) is 6.92 Å². The topological polar surface area (TPSA) is 327 Å². The average molecular weight is 721 g/mol. The van der Waals surface area contributed by atoms with Crippen LogP contribution in [0.4, 0.5) is 0 Å². The number of phosphoric ester groups is 1. The lowest BCUT2D eigenvalue weighted by Crippen LogP contribution is -2.67. The van der Waals surface area contributed by atoms with Crippen molar-refractivity contribution in [3.8, 4) is 0 Å². The van der Waals surface area contributed by atoms with Crippen molar-refractivity contribution in [2.24, 2.45) is 0 Å². The van der Waals surface area contributed by atoms with E-state index in [4.69, 9.17) is 28.2 Å². The lowest BCUT2D eigenvalue weighted by Gasteiger charge is -2.46. The molecule has 2 amide bonds. The fourth-order valence-electron chi connectivity index (χ4n) is 4.99.